The fraction of sp³-hybridized carbons (Fsp3) is 0.500. The Labute approximate surface area is 126 Å². The van der Waals surface area contributed by atoms with Crippen LogP contribution in [0.25, 0.3) is 11.3 Å². The number of aliphatic hydroxyl groups excluding tert-OH is 1. The van der Waals surface area contributed by atoms with Gasteiger partial charge in [-0.15, -0.1) is 0 Å². The molecule has 0 saturated carbocycles. The third kappa shape index (κ3) is 4.65. The molecule has 0 aromatic carbocycles. The fourth-order valence-electron chi connectivity index (χ4n) is 2.54. The van der Waals surface area contributed by atoms with Crippen molar-refractivity contribution in [2.45, 2.75) is 32.9 Å². The summed E-state index contributed by atoms with van der Waals surface area (Å²) in [4.78, 5) is 4.05. The van der Waals surface area contributed by atoms with Crippen molar-refractivity contribution in [2.24, 2.45) is 13.0 Å². The van der Waals surface area contributed by atoms with Gasteiger partial charge in [-0.1, -0.05) is 6.92 Å². The lowest BCUT2D eigenvalue weighted by atomic mass is 10.0. The van der Waals surface area contributed by atoms with Crippen LogP contribution < -0.4 is 5.32 Å². The Morgan fingerprint density at radius 3 is 2.67 bits per heavy atom. The van der Waals surface area contributed by atoms with Gasteiger partial charge in [0.05, 0.1) is 11.8 Å². The first-order chi connectivity index (χ1) is 10.1. The molecule has 2 heterocycles. The molecule has 2 aromatic heterocycles. The topological polar surface area (TPSA) is 63.0 Å². The Balaban J connectivity index is 1.98. The molecule has 0 aliphatic carbocycles. The second kappa shape index (κ2) is 7.33. The van der Waals surface area contributed by atoms with Crippen LogP contribution in [0, 0.1) is 5.92 Å². The number of nitrogens with one attached hydrogen (secondary N) is 1. The molecule has 2 unspecified atom stereocenters. The summed E-state index contributed by atoms with van der Waals surface area (Å²) in [5.41, 5.74) is 3.25. The van der Waals surface area contributed by atoms with Crippen molar-refractivity contribution in [3.8, 4) is 11.3 Å². The van der Waals surface area contributed by atoms with Crippen LogP contribution in [0.4, 0.5) is 0 Å². The summed E-state index contributed by atoms with van der Waals surface area (Å²) in [6.45, 7) is 5.64. The van der Waals surface area contributed by atoms with E-state index in [1.165, 1.54) is 5.56 Å². The highest BCUT2D eigenvalue weighted by Gasteiger charge is 2.11. The van der Waals surface area contributed by atoms with E-state index in [1.807, 2.05) is 37.0 Å². The lowest BCUT2D eigenvalue weighted by Crippen LogP contribution is -2.23. The average Bonchev–Trinajstić information content (AvgIpc) is 2.80. The van der Waals surface area contributed by atoms with Crippen molar-refractivity contribution in [1.29, 1.82) is 0 Å². The van der Waals surface area contributed by atoms with E-state index in [9.17, 15) is 5.11 Å². The lowest BCUT2D eigenvalue weighted by molar-refractivity contribution is 0.163. The van der Waals surface area contributed by atoms with E-state index in [2.05, 4.69) is 22.3 Å². The maximum absolute atomic E-state index is 9.39. The lowest BCUT2D eigenvalue weighted by Gasteiger charge is -2.14. The summed E-state index contributed by atoms with van der Waals surface area (Å²) < 4.78 is 1.84. The Morgan fingerprint density at radius 1 is 1.29 bits per heavy atom. The number of aliphatic hydroxyl groups is 1. The van der Waals surface area contributed by atoms with Crippen molar-refractivity contribution in [2.75, 3.05) is 6.54 Å². The van der Waals surface area contributed by atoms with E-state index in [1.54, 1.807) is 12.4 Å². The van der Waals surface area contributed by atoms with Crippen LogP contribution in [0.1, 0.15) is 25.8 Å². The molecule has 0 fully saturated rings. The highest BCUT2D eigenvalue weighted by Crippen LogP contribution is 2.20. The molecule has 21 heavy (non-hydrogen) atoms. The second-order valence-corrected chi connectivity index (χ2v) is 5.73. The van der Waals surface area contributed by atoms with Crippen LogP contribution in [-0.4, -0.2) is 32.5 Å². The monoisotopic (exact) mass is 288 g/mol. The minimum Gasteiger partial charge on any atom is -0.393 e. The molecular formula is C16H24N4O. The molecule has 2 atom stereocenters. The van der Waals surface area contributed by atoms with Gasteiger partial charge in [0.15, 0.2) is 0 Å². The van der Waals surface area contributed by atoms with E-state index in [4.69, 9.17) is 0 Å². The molecule has 2 N–H and O–H groups in total. The zero-order chi connectivity index (χ0) is 15.2. The van der Waals surface area contributed by atoms with E-state index in [0.29, 0.717) is 5.92 Å². The summed E-state index contributed by atoms with van der Waals surface area (Å²) in [5, 5.41) is 17.4. The van der Waals surface area contributed by atoms with Gasteiger partial charge < -0.3 is 10.4 Å². The molecule has 5 heteroatoms. The maximum Gasteiger partial charge on any atom is 0.0969 e. The second-order valence-electron chi connectivity index (χ2n) is 5.73. The van der Waals surface area contributed by atoms with Crippen molar-refractivity contribution in [3.05, 3.63) is 36.3 Å². The first-order valence-electron chi connectivity index (χ1n) is 7.38. The van der Waals surface area contributed by atoms with Gasteiger partial charge in [0.2, 0.25) is 0 Å². The van der Waals surface area contributed by atoms with Crippen LogP contribution in [0.2, 0.25) is 0 Å². The summed E-state index contributed by atoms with van der Waals surface area (Å²) in [6, 6.07) is 3.95. The van der Waals surface area contributed by atoms with Crippen LogP contribution in [-0.2, 0) is 13.6 Å². The third-order valence-electron chi connectivity index (χ3n) is 3.41. The SMILES string of the molecule is CC(O)CC(C)CNCc1cn(C)nc1-c1ccncc1. The highest BCUT2D eigenvalue weighted by molar-refractivity contribution is 5.61. The smallest absolute Gasteiger partial charge is 0.0969 e. The molecule has 0 saturated heterocycles. The molecule has 0 aliphatic rings. The van der Waals surface area contributed by atoms with Crippen LogP contribution in [0.5, 0.6) is 0 Å². The van der Waals surface area contributed by atoms with Gasteiger partial charge >= 0.3 is 0 Å². The molecule has 5 nitrogen and oxygen atoms in total. The summed E-state index contributed by atoms with van der Waals surface area (Å²) >= 11 is 0. The number of aryl methyl sites for hydroxylation is 1. The first kappa shape index (κ1) is 15.7. The Hall–Kier alpha value is -1.72. The minimum absolute atomic E-state index is 0.243. The van der Waals surface area contributed by atoms with Gasteiger partial charge in [0.25, 0.3) is 0 Å². The normalized spacial score (nSPS) is 14.1. The Bertz CT molecular complexity index is 551. The van der Waals surface area contributed by atoms with Crippen molar-refractivity contribution >= 4 is 0 Å². The third-order valence-corrected chi connectivity index (χ3v) is 3.41. The van der Waals surface area contributed by atoms with Crippen molar-refractivity contribution in [1.82, 2.24) is 20.1 Å². The fourth-order valence-corrected chi connectivity index (χ4v) is 2.54. The number of hydrogen-bond donors (Lipinski definition) is 2. The number of nitrogens with zero attached hydrogens (tertiary/aromatic N) is 3. The van der Waals surface area contributed by atoms with Crippen molar-refractivity contribution < 1.29 is 5.11 Å². The van der Waals surface area contributed by atoms with E-state index < -0.39 is 0 Å². The number of aromatic nitrogens is 3. The minimum atomic E-state index is -0.243. The van der Waals surface area contributed by atoms with Gasteiger partial charge in [-0.25, -0.2) is 0 Å². The van der Waals surface area contributed by atoms with Crippen LogP contribution >= 0.6 is 0 Å². The quantitative estimate of drug-likeness (QED) is 0.818. The van der Waals surface area contributed by atoms with Crippen LogP contribution in [0.15, 0.2) is 30.7 Å². The van der Waals surface area contributed by atoms with Crippen molar-refractivity contribution in [3.63, 3.8) is 0 Å². The predicted octanol–water partition coefficient (Wildman–Crippen LogP) is 1.98. The number of hydrogen-bond acceptors (Lipinski definition) is 4. The predicted molar refractivity (Wildman–Crippen MR) is 83.6 cm³/mol. The molecule has 2 aromatic rings. The molecule has 114 valence electrons. The Morgan fingerprint density at radius 2 is 2.00 bits per heavy atom. The molecule has 0 spiro atoms. The largest absolute Gasteiger partial charge is 0.393 e. The summed E-state index contributed by atoms with van der Waals surface area (Å²) in [6.07, 6.45) is 6.18. The average molecular weight is 288 g/mol. The summed E-state index contributed by atoms with van der Waals surface area (Å²) in [5.74, 6) is 0.450. The zero-order valence-corrected chi connectivity index (χ0v) is 13.0. The number of pyridine rings is 1. The van der Waals surface area contributed by atoms with E-state index >= 15 is 0 Å². The van der Waals surface area contributed by atoms with Gasteiger partial charge in [-0.05, 0) is 37.9 Å². The number of rotatable bonds is 7. The van der Waals surface area contributed by atoms with Crippen LogP contribution in [0.3, 0.4) is 0 Å². The first-order valence-corrected chi connectivity index (χ1v) is 7.38. The van der Waals surface area contributed by atoms with Gasteiger partial charge in [0, 0.05) is 43.3 Å². The highest BCUT2D eigenvalue weighted by atomic mass is 16.3. The van der Waals surface area contributed by atoms with Gasteiger partial charge in [-0.2, -0.15) is 5.10 Å². The molecule has 0 radical (unpaired) electrons. The molecule has 0 aliphatic heterocycles. The molecule has 0 bridgehead atoms. The molecular weight excluding hydrogens is 264 g/mol. The zero-order valence-electron chi connectivity index (χ0n) is 13.0. The summed E-state index contributed by atoms with van der Waals surface area (Å²) in [7, 11) is 1.93. The molecule has 2 rings (SSSR count). The molecule has 0 amide bonds. The van der Waals surface area contributed by atoms with Gasteiger partial charge in [0.1, 0.15) is 0 Å². The van der Waals surface area contributed by atoms with Gasteiger partial charge in [-0.3, -0.25) is 9.67 Å². The standard InChI is InChI=1S/C16H24N4O/c1-12(8-13(2)21)9-18-10-15-11-20(3)19-16(15)14-4-6-17-7-5-14/h4-7,11-13,18,21H,8-10H2,1-3H3. The van der Waals surface area contributed by atoms with E-state index in [-0.39, 0.29) is 6.10 Å². The Kier molecular flexibility index (Phi) is 5.47. The maximum atomic E-state index is 9.39. The van der Waals surface area contributed by atoms with E-state index in [0.717, 1.165) is 30.8 Å².